The first kappa shape index (κ1) is 19.5. The van der Waals surface area contributed by atoms with Gasteiger partial charge >= 0.3 is 6.18 Å². The van der Waals surface area contributed by atoms with Crippen molar-refractivity contribution in [1.29, 1.82) is 0 Å². The highest BCUT2D eigenvalue weighted by atomic mass is 32.3. The van der Waals surface area contributed by atoms with E-state index in [0.717, 1.165) is 6.92 Å². The Labute approximate surface area is 112 Å². The molecule has 0 N–H and O–H groups in total. The number of hydrogen-bond donors (Lipinski definition) is 0. The lowest BCUT2D eigenvalue weighted by atomic mass is 10.1. The molecule has 0 fully saturated rings. The summed E-state index contributed by atoms with van der Waals surface area (Å²) in [5.74, 6) is 0. The van der Waals surface area contributed by atoms with Crippen molar-refractivity contribution in [3.63, 3.8) is 0 Å². The van der Waals surface area contributed by atoms with Crippen molar-refractivity contribution in [2.24, 2.45) is 0 Å². The van der Waals surface area contributed by atoms with Crippen molar-refractivity contribution in [1.82, 2.24) is 0 Å². The van der Waals surface area contributed by atoms with Crippen LogP contribution in [0, 0.1) is 0 Å². The van der Waals surface area contributed by atoms with E-state index >= 15 is 0 Å². The van der Waals surface area contributed by atoms with E-state index in [4.69, 9.17) is 0 Å². The maximum atomic E-state index is 12.0. The molecule has 0 aliphatic rings. The number of alkyl halides is 3. The van der Waals surface area contributed by atoms with E-state index in [-0.39, 0.29) is 0 Å². The minimum Gasteiger partial charge on any atom is -0.726 e. The highest BCUT2D eigenvalue weighted by molar-refractivity contribution is 7.81. The molecule has 0 aromatic rings. The van der Waals surface area contributed by atoms with Gasteiger partial charge in [-0.3, -0.25) is 8.37 Å². The van der Waals surface area contributed by atoms with Gasteiger partial charge in [-0.25, -0.2) is 16.8 Å². The van der Waals surface area contributed by atoms with Gasteiger partial charge in [0.15, 0.2) is 0 Å². The maximum absolute atomic E-state index is 12.0. The first-order valence-corrected chi connectivity index (χ1v) is 7.20. The molecule has 0 aromatic carbocycles. The molecule has 0 atom stereocenters. The first-order valence-electron chi connectivity index (χ1n) is 4.53. The Balaban J connectivity index is 4.83. The Morgan fingerprint density at radius 2 is 1.25 bits per heavy atom. The number of hydrogen-bond acceptors (Lipinski definition) is 9. The molecule has 122 valence electrons. The van der Waals surface area contributed by atoms with Gasteiger partial charge in [0.1, 0.15) is 12.2 Å². The molecule has 0 aromatic heterocycles. The molecule has 9 nitrogen and oxygen atoms in total. The minimum absolute atomic E-state index is 0.759. The van der Waals surface area contributed by atoms with Crippen LogP contribution in [-0.2, 0) is 33.9 Å². The van der Waals surface area contributed by atoms with Crippen LogP contribution >= 0.6 is 0 Å². The van der Waals surface area contributed by atoms with E-state index in [1.54, 1.807) is 0 Å². The smallest absolute Gasteiger partial charge is 0.411 e. The summed E-state index contributed by atoms with van der Waals surface area (Å²) in [7, 11) is -10.5. The fraction of sp³-hybridized carbons (Fsp3) is 1.00. The molecule has 0 radical (unpaired) electrons. The summed E-state index contributed by atoms with van der Waals surface area (Å²) in [6.07, 6.45) is -4.83. The first-order chi connectivity index (χ1) is 8.62. The largest absolute Gasteiger partial charge is 0.726 e. The predicted octanol–water partition coefficient (Wildman–Crippen LogP) is -0.722. The quantitative estimate of drug-likeness (QED) is 0.411. The van der Waals surface area contributed by atoms with Gasteiger partial charge in [-0.05, 0) is 6.92 Å². The summed E-state index contributed by atoms with van der Waals surface area (Å²) >= 11 is 0. The molecular weight excluding hydrogens is 337 g/mol. The van der Waals surface area contributed by atoms with E-state index in [2.05, 4.69) is 13.1 Å². The molecule has 0 aliphatic heterocycles. The Morgan fingerprint density at radius 3 is 1.50 bits per heavy atom. The topological polar surface area (TPSA) is 142 Å². The molecule has 0 bridgehead atoms. The van der Waals surface area contributed by atoms with Crippen LogP contribution in [0.1, 0.15) is 6.92 Å². The Hall–Kier alpha value is -0.510. The van der Waals surface area contributed by atoms with Crippen molar-refractivity contribution in [2.45, 2.75) is 18.7 Å². The van der Waals surface area contributed by atoms with Crippen molar-refractivity contribution < 1.29 is 52.2 Å². The molecule has 0 aliphatic carbocycles. The van der Waals surface area contributed by atoms with Gasteiger partial charge in [0.2, 0.25) is 20.8 Å². The van der Waals surface area contributed by atoms with Crippen LogP contribution in [-0.4, -0.2) is 57.5 Å². The molecule has 0 saturated carbocycles. The molecule has 0 heterocycles. The fourth-order valence-electron chi connectivity index (χ4n) is 0.775. The predicted molar refractivity (Wildman–Crippen MR) is 51.7 cm³/mol. The van der Waals surface area contributed by atoms with Gasteiger partial charge < -0.3 is 13.8 Å². The van der Waals surface area contributed by atoms with E-state index < -0.39 is 52.4 Å². The van der Waals surface area contributed by atoms with Crippen molar-refractivity contribution in [3.05, 3.63) is 0 Å². The maximum Gasteiger partial charge on any atom is 0.411 e. The lowest BCUT2D eigenvalue weighted by Crippen LogP contribution is -2.43. The molecule has 0 amide bonds. The average Bonchev–Trinajstić information content (AvgIpc) is 2.18. The standard InChI is InChI=1S/C6H11F3O9S2/c1-5(2-17-19(10,11)12,3-18-20(13,14)15)16-4-6(7,8)9/h2-4H2,1H3,(H,10,11,12)(H,13,14,15)/p-2. The van der Waals surface area contributed by atoms with Crippen LogP contribution in [0.5, 0.6) is 0 Å². The van der Waals surface area contributed by atoms with E-state index in [1.807, 2.05) is 0 Å². The third kappa shape index (κ3) is 11.3. The summed E-state index contributed by atoms with van der Waals surface area (Å²) in [4.78, 5) is 0. The zero-order valence-corrected chi connectivity index (χ0v) is 11.4. The Morgan fingerprint density at radius 1 is 0.900 bits per heavy atom. The molecule has 0 spiro atoms. The SMILES string of the molecule is CC(COS(=O)(=O)[O-])(COS(=O)(=O)[O-])OCC(F)(F)F. The minimum atomic E-state index is -5.26. The highest BCUT2D eigenvalue weighted by Gasteiger charge is 2.35. The number of halogens is 3. The van der Waals surface area contributed by atoms with Crippen LogP contribution in [0.3, 0.4) is 0 Å². The third-order valence-corrected chi connectivity index (χ3v) is 2.41. The Bertz CT molecular complexity index is 472. The summed E-state index contributed by atoms with van der Waals surface area (Å²) in [6.45, 7) is -3.70. The summed E-state index contributed by atoms with van der Waals surface area (Å²) < 4.78 is 109. The second kappa shape index (κ2) is 6.50. The monoisotopic (exact) mass is 346 g/mol. The van der Waals surface area contributed by atoms with Crippen LogP contribution in [0.4, 0.5) is 13.2 Å². The fourth-order valence-corrected chi connectivity index (χ4v) is 1.56. The summed E-state index contributed by atoms with van der Waals surface area (Å²) in [5, 5.41) is 0. The van der Waals surface area contributed by atoms with E-state index in [1.165, 1.54) is 0 Å². The van der Waals surface area contributed by atoms with Gasteiger partial charge in [-0.2, -0.15) is 13.2 Å². The summed E-state index contributed by atoms with van der Waals surface area (Å²) in [5.41, 5.74) is -2.30. The van der Waals surface area contributed by atoms with Crippen molar-refractivity contribution in [3.8, 4) is 0 Å². The lowest BCUT2D eigenvalue weighted by Gasteiger charge is -2.30. The number of rotatable bonds is 8. The van der Waals surface area contributed by atoms with E-state index in [9.17, 15) is 39.1 Å². The van der Waals surface area contributed by atoms with Gasteiger partial charge in [-0.15, -0.1) is 0 Å². The zero-order valence-electron chi connectivity index (χ0n) is 9.75. The second-order valence-corrected chi connectivity index (χ2v) is 5.80. The highest BCUT2D eigenvalue weighted by Crippen LogP contribution is 2.21. The average molecular weight is 346 g/mol. The zero-order chi connectivity index (χ0) is 16.2. The van der Waals surface area contributed by atoms with Crippen LogP contribution < -0.4 is 0 Å². The van der Waals surface area contributed by atoms with Gasteiger partial charge in [0, 0.05) is 0 Å². The van der Waals surface area contributed by atoms with Crippen LogP contribution in [0.2, 0.25) is 0 Å². The van der Waals surface area contributed by atoms with Gasteiger partial charge in [-0.1, -0.05) is 0 Å². The molecule has 14 heteroatoms. The molecule has 0 saturated heterocycles. The normalized spacial score (nSPS) is 14.5. The van der Waals surface area contributed by atoms with Crippen LogP contribution in [0.25, 0.3) is 0 Å². The Kier molecular flexibility index (Phi) is 6.34. The van der Waals surface area contributed by atoms with Crippen LogP contribution in [0.15, 0.2) is 0 Å². The van der Waals surface area contributed by atoms with Gasteiger partial charge in [0.05, 0.1) is 13.2 Å². The molecule has 0 unspecified atom stereocenters. The summed E-state index contributed by atoms with van der Waals surface area (Å²) in [6, 6.07) is 0. The lowest BCUT2D eigenvalue weighted by molar-refractivity contribution is -0.211. The third-order valence-electron chi connectivity index (χ3n) is 1.60. The van der Waals surface area contributed by atoms with Crippen molar-refractivity contribution in [2.75, 3.05) is 19.8 Å². The van der Waals surface area contributed by atoms with Crippen molar-refractivity contribution >= 4 is 20.8 Å². The number of ether oxygens (including phenoxy) is 1. The van der Waals surface area contributed by atoms with Gasteiger partial charge in [0.25, 0.3) is 0 Å². The molecule has 20 heavy (non-hydrogen) atoms. The second-order valence-electron chi connectivity index (χ2n) is 3.69. The van der Waals surface area contributed by atoms with E-state index in [0.29, 0.717) is 0 Å². The molecule has 0 rings (SSSR count). The molecular formula is C6H9F3O9S2-2.